The largest absolute Gasteiger partial charge is 0.299 e. The third-order valence-corrected chi connectivity index (χ3v) is 8.27. The number of rotatable bonds is 2. The molecule has 2 saturated carbocycles. The molecule has 5 heteroatoms. The average Bonchev–Trinajstić information content (AvgIpc) is 3.17. The number of nitrogens with one attached hydrogen (secondary N) is 1. The molecule has 2 fully saturated rings. The number of hydrazine groups is 1. The van der Waals surface area contributed by atoms with Crippen molar-refractivity contribution in [1.82, 2.24) is 10.4 Å². The Morgan fingerprint density at radius 1 is 1.18 bits per heavy atom. The van der Waals surface area contributed by atoms with Gasteiger partial charge in [0.25, 0.3) is 0 Å². The number of anilines is 1. The van der Waals surface area contributed by atoms with Crippen LogP contribution in [0.25, 0.3) is 10.9 Å². The molecule has 28 heavy (non-hydrogen) atoms. The molecule has 1 amide bonds. The maximum atomic E-state index is 13.5. The minimum Gasteiger partial charge on any atom is -0.299 e. The Labute approximate surface area is 165 Å². The zero-order valence-corrected chi connectivity index (χ0v) is 17.1. The maximum Gasteiger partial charge on any atom is 0.245 e. The maximum absolute atomic E-state index is 13.5. The molecule has 146 valence electrons. The molecule has 5 rings (SSSR count). The van der Waals surface area contributed by atoms with Crippen LogP contribution in [0.3, 0.4) is 0 Å². The molecule has 0 radical (unpaired) electrons. The Bertz CT molecular complexity index is 1040. The van der Waals surface area contributed by atoms with Crippen LogP contribution < -0.4 is 10.4 Å². The van der Waals surface area contributed by atoms with E-state index < -0.39 is 5.41 Å². The van der Waals surface area contributed by atoms with E-state index in [0.717, 1.165) is 41.5 Å². The highest BCUT2D eigenvalue weighted by molar-refractivity contribution is 6.00. The molecule has 2 heterocycles. The van der Waals surface area contributed by atoms with Gasteiger partial charge in [-0.1, -0.05) is 32.9 Å². The van der Waals surface area contributed by atoms with Crippen LogP contribution in [-0.2, 0) is 16.0 Å². The lowest BCUT2D eigenvalue weighted by atomic mass is 9.64. The van der Waals surface area contributed by atoms with Crippen LogP contribution in [-0.4, -0.2) is 23.2 Å². The smallest absolute Gasteiger partial charge is 0.245 e. The van der Waals surface area contributed by atoms with Crippen molar-refractivity contribution in [2.45, 2.75) is 53.4 Å². The van der Waals surface area contributed by atoms with E-state index in [1.54, 1.807) is 0 Å². The number of amides is 1. The number of hydrogen-bond acceptors (Lipinski definition) is 4. The zero-order valence-electron chi connectivity index (χ0n) is 17.1. The van der Waals surface area contributed by atoms with Gasteiger partial charge >= 0.3 is 0 Å². The van der Waals surface area contributed by atoms with Crippen molar-refractivity contribution >= 4 is 28.4 Å². The number of Topliss-reactive ketones (excluding diaryl/α,β-unsaturated/α-hetero) is 1. The zero-order chi connectivity index (χ0) is 19.9. The molecule has 0 saturated heterocycles. The van der Waals surface area contributed by atoms with Gasteiger partial charge in [-0.2, -0.15) is 0 Å². The standard InChI is InChI=1S/C23H27N3O2/c1-14-5-6-15-12-16-7-10-26(19(16)24-17(15)11-14)25-20(28)23-9-8-22(4,18(27)13-23)21(23,2)3/h5-6,11-12H,7-10,13H2,1-4H3,(H,25,28). The highest BCUT2D eigenvalue weighted by atomic mass is 16.2. The number of hydrogen-bond donors (Lipinski definition) is 1. The first kappa shape index (κ1) is 17.7. The van der Waals surface area contributed by atoms with Crippen LogP contribution in [0.2, 0.25) is 0 Å². The number of ketones is 1. The monoisotopic (exact) mass is 377 g/mol. The third kappa shape index (κ3) is 2.00. The molecule has 1 aromatic heterocycles. The quantitative estimate of drug-likeness (QED) is 0.866. The number of nitrogens with zero attached hydrogens (tertiary/aromatic N) is 2. The minimum absolute atomic E-state index is 0.0222. The molecule has 1 aromatic carbocycles. The lowest BCUT2D eigenvalue weighted by Crippen LogP contribution is -2.52. The molecular formula is C23H27N3O2. The Morgan fingerprint density at radius 3 is 2.64 bits per heavy atom. The molecule has 5 nitrogen and oxygen atoms in total. The normalized spacial score (nSPS) is 30.1. The molecule has 2 aromatic rings. The lowest BCUT2D eigenvalue weighted by Gasteiger charge is -2.39. The minimum atomic E-state index is -0.616. The number of benzene rings is 1. The third-order valence-electron chi connectivity index (χ3n) is 8.27. The SMILES string of the molecule is Cc1ccc2cc3c(nc2c1)N(NC(=O)C12CCC(C)(C(=O)C1)C2(C)C)CC3. The van der Waals surface area contributed by atoms with Crippen molar-refractivity contribution in [2.24, 2.45) is 16.2 Å². The fraction of sp³-hybridized carbons (Fsp3) is 0.522. The van der Waals surface area contributed by atoms with Crippen LogP contribution >= 0.6 is 0 Å². The average molecular weight is 377 g/mol. The van der Waals surface area contributed by atoms with Gasteiger partial charge < -0.3 is 0 Å². The van der Waals surface area contributed by atoms with Crippen LogP contribution in [0.1, 0.15) is 51.2 Å². The van der Waals surface area contributed by atoms with Crippen molar-refractivity contribution in [3.8, 4) is 0 Å². The Hall–Kier alpha value is -2.43. The molecule has 2 bridgehead atoms. The first-order valence-corrected chi connectivity index (χ1v) is 10.2. The fourth-order valence-corrected chi connectivity index (χ4v) is 5.77. The van der Waals surface area contributed by atoms with E-state index in [1.165, 1.54) is 5.56 Å². The summed E-state index contributed by atoms with van der Waals surface area (Å²) in [5.41, 5.74) is 5.08. The van der Waals surface area contributed by atoms with Gasteiger partial charge in [0.05, 0.1) is 10.9 Å². The molecule has 1 aliphatic heterocycles. The van der Waals surface area contributed by atoms with E-state index in [4.69, 9.17) is 4.98 Å². The molecule has 1 N–H and O–H groups in total. The van der Waals surface area contributed by atoms with Crippen molar-refractivity contribution < 1.29 is 9.59 Å². The summed E-state index contributed by atoms with van der Waals surface area (Å²) in [4.78, 5) is 31.0. The second-order valence-electron chi connectivity index (χ2n) is 9.65. The molecule has 0 spiro atoms. The van der Waals surface area contributed by atoms with Gasteiger partial charge in [0, 0.05) is 23.8 Å². The number of aromatic nitrogens is 1. The molecule has 3 aliphatic rings. The molecule has 2 aliphatic carbocycles. The highest BCUT2D eigenvalue weighted by Gasteiger charge is 2.72. The van der Waals surface area contributed by atoms with Crippen molar-refractivity contribution in [2.75, 3.05) is 11.6 Å². The van der Waals surface area contributed by atoms with Gasteiger partial charge in [0.2, 0.25) is 5.91 Å². The van der Waals surface area contributed by atoms with Crippen molar-refractivity contribution in [3.05, 3.63) is 35.4 Å². The van der Waals surface area contributed by atoms with E-state index in [9.17, 15) is 9.59 Å². The molecule has 2 unspecified atom stereocenters. The van der Waals surface area contributed by atoms with E-state index in [0.29, 0.717) is 13.0 Å². The van der Waals surface area contributed by atoms with Gasteiger partial charge in [0.1, 0.15) is 5.78 Å². The summed E-state index contributed by atoms with van der Waals surface area (Å²) in [6.45, 7) is 9.00. The molecule has 2 atom stereocenters. The van der Waals surface area contributed by atoms with E-state index >= 15 is 0 Å². The predicted octanol–water partition coefficient (Wildman–Crippen LogP) is 3.72. The van der Waals surface area contributed by atoms with Crippen LogP contribution in [0.5, 0.6) is 0 Å². The van der Waals surface area contributed by atoms with Gasteiger partial charge in [0.15, 0.2) is 5.82 Å². The lowest BCUT2D eigenvalue weighted by molar-refractivity contribution is -0.136. The van der Waals surface area contributed by atoms with Gasteiger partial charge in [-0.15, -0.1) is 0 Å². The summed E-state index contributed by atoms with van der Waals surface area (Å²) < 4.78 is 0. The summed E-state index contributed by atoms with van der Waals surface area (Å²) in [7, 11) is 0. The van der Waals surface area contributed by atoms with Gasteiger partial charge in [-0.05, 0) is 54.9 Å². The fourth-order valence-electron chi connectivity index (χ4n) is 5.77. The second kappa shape index (κ2) is 5.34. The van der Waals surface area contributed by atoms with Gasteiger partial charge in [-0.25, -0.2) is 4.98 Å². The van der Waals surface area contributed by atoms with E-state index in [1.807, 2.05) is 11.9 Å². The van der Waals surface area contributed by atoms with Crippen LogP contribution in [0, 0.1) is 23.2 Å². The summed E-state index contributed by atoms with van der Waals surface area (Å²) >= 11 is 0. The number of aryl methyl sites for hydroxylation is 1. The Morgan fingerprint density at radius 2 is 1.96 bits per heavy atom. The van der Waals surface area contributed by atoms with Crippen molar-refractivity contribution in [1.29, 1.82) is 0 Å². The summed E-state index contributed by atoms with van der Waals surface area (Å²) in [5, 5.41) is 3.02. The first-order chi connectivity index (χ1) is 13.2. The summed E-state index contributed by atoms with van der Waals surface area (Å²) in [5.74, 6) is 1.05. The second-order valence-corrected chi connectivity index (χ2v) is 9.65. The van der Waals surface area contributed by atoms with Crippen LogP contribution in [0.15, 0.2) is 24.3 Å². The van der Waals surface area contributed by atoms with Crippen molar-refractivity contribution in [3.63, 3.8) is 0 Å². The number of pyridine rings is 1. The van der Waals surface area contributed by atoms with Crippen LogP contribution in [0.4, 0.5) is 5.82 Å². The number of fused-ring (bicyclic) bond motifs is 4. The van der Waals surface area contributed by atoms with Gasteiger partial charge in [-0.3, -0.25) is 20.0 Å². The van der Waals surface area contributed by atoms with E-state index in [-0.39, 0.29) is 22.5 Å². The number of carbonyl (C=O) groups excluding carboxylic acids is 2. The topological polar surface area (TPSA) is 62.3 Å². The Kier molecular flexibility index (Phi) is 3.37. The summed E-state index contributed by atoms with van der Waals surface area (Å²) in [6.07, 6.45) is 2.79. The first-order valence-electron chi connectivity index (χ1n) is 10.2. The highest BCUT2D eigenvalue weighted by Crippen LogP contribution is 2.70. The number of carbonyl (C=O) groups is 2. The predicted molar refractivity (Wildman–Crippen MR) is 109 cm³/mol. The Balaban J connectivity index is 1.47. The summed E-state index contributed by atoms with van der Waals surface area (Å²) in [6, 6.07) is 8.45. The molecular weight excluding hydrogens is 350 g/mol. The van der Waals surface area contributed by atoms with E-state index in [2.05, 4.69) is 50.5 Å².